The molecule has 0 spiro atoms. The number of nitrogens with one attached hydrogen (secondary N) is 1. The second-order valence-electron chi connectivity index (χ2n) is 3.79. The molecule has 0 radical (unpaired) electrons. The molecular weight excluding hydrogens is 253 g/mol. The molecule has 106 valence electrons. The number of halogens is 1. The van der Waals surface area contributed by atoms with E-state index in [9.17, 15) is 9.18 Å². The van der Waals surface area contributed by atoms with Gasteiger partial charge in [0.25, 0.3) is 5.91 Å². The molecule has 2 N–H and O–H groups in total. The molecule has 0 bridgehead atoms. The fourth-order valence-electron chi connectivity index (χ4n) is 1.45. The summed E-state index contributed by atoms with van der Waals surface area (Å²) in [4.78, 5) is 11.7. The number of benzene rings is 1. The van der Waals surface area contributed by atoms with Crippen molar-refractivity contribution in [3.63, 3.8) is 0 Å². The molecule has 0 aliphatic carbocycles. The van der Waals surface area contributed by atoms with E-state index < -0.39 is 5.82 Å². The lowest BCUT2D eigenvalue weighted by Gasteiger charge is -2.07. The standard InChI is InChI=1S/C13H18FNO4/c1-18-12-4-3-10(9-11(12)14)13(17)15-5-2-7-19-8-6-16/h3-4,9,16H,2,5-8H2,1H3,(H,15,17). The lowest BCUT2D eigenvalue weighted by atomic mass is 10.2. The highest BCUT2D eigenvalue weighted by molar-refractivity contribution is 5.94. The molecule has 1 amide bonds. The number of ether oxygens (including phenoxy) is 2. The molecule has 0 saturated heterocycles. The van der Waals surface area contributed by atoms with Crippen molar-refractivity contribution in [2.75, 3.05) is 33.5 Å². The lowest BCUT2D eigenvalue weighted by Crippen LogP contribution is -2.25. The van der Waals surface area contributed by atoms with E-state index in [4.69, 9.17) is 14.6 Å². The van der Waals surface area contributed by atoms with Gasteiger partial charge in [0.1, 0.15) is 0 Å². The van der Waals surface area contributed by atoms with E-state index in [1.54, 1.807) is 0 Å². The Morgan fingerprint density at radius 1 is 1.42 bits per heavy atom. The summed E-state index contributed by atoms with van der Waals surface area (Å²) in [7, 11) is 1.37. The van der Waals surface area contributed by atoms with Gasteiger partial charge in [-0.1, -0.05) is 0 Å². The topological polar surface area (TPSA) is 67.8 Å². The maximum absolute atomic E-state index is 13.4. The highest BCUT2D eigenvalue weighted by Gasteiger charge is 2.09. The van der Waals surface area contributed by atoms with Crippen LogP contribution in [0, 0.1) is 5.82 Å². The van der Waals surface area contributed by atoms with Crippen molar-refractivity contribution >= 4 is 5.91 Å². The van der Waals surface area contributed by atoms with E-state index in [0.717, 1.165) is 6.07 Å². The third-order valence-corrected chi connectivity index (χ3v) is 2.40. The quantitative estimate of drug-likeness (QED) is 0.691. The van der Waals surface area contributed by atoms with Crippen molar-refractivity contribution < 1.29 is 23.8 Å². The normalized spacial score (nSPS) is 10.3. The smallest absolute Gasteiger partial charge is 0.251 e. The summed E-state index contributed by atoms with van der Waals surface area (Å²) in [6, 6.07) is 4.05. The second kappa shape index (κ2) is 8.44. The maximum Gasteiger partial charge on any atom is 0.251 e. The number of carbonyl (C=O) groups excluding carboxylic acids is 1. The fourth-order valence-corrected chi connectivity index (χ4v) is 1.45. The molecule has 1 aromatic rings. The van der Waals surface area contributed by atoms with Gasteiger partial charge in [0.15, 0.2) is 11.6 Å². The van der Waals surface area contributed by atoms with Crippen molar-refractivity contribution in [3.8, 4) is 5.75 Å². The molecule has 0 saturated carbocycles. The number of aliphatic hydroxyl groups excluding tert-OH is 1. The van der Waals surface area contributed by atoms with Gasteiger partial charge in [-0.25, -0.2) is 4.39 Å². The van der Waals surface area contributed by atoms with Gasteiger partial charge in [0.2, 0.25) is 0 Å². The first-order valence-corrected chi connectivity index (χ1v) is 5.99. The zero-order valence-corrected chi connectivity index (χ0v) is 10.8. The van der Waals surface area contributed by atoms with Crippen molar-refractivity contribution in [1.82, 2.24) is 5.32 Å². The Hall–Kier alpha value is -1.66. The van der Waals surface area contributed by atoms with E-state index in [2.05, 4.69) is 5.32 Å². The minimum Gasteiger partial charge on any atom is -0.494 e. The Morgan fingerprint density at radius 2 is 2.21 bits per heavy atom. The van der Waals surface area contributed by atoms with E-state index in [1.807, 2.05) is 0 Å². The molecule has 1 aromatic carbocycles. The first-order valence-electron chi connectivity index (χ1n) is 5.99. The van der Waals surface area contributed by atoms with Crippen LogP contribution < -0.4 is 10.1 Å². The van der Waals surface area contributed by atoms with Crippen LogP contribution in [-0.2, 0) is 4.74 Å². The number of hydrogen-bond acceptors (Lipinski definition) is 4. The largest absolute Gasteiger partial charge is 0.494 e. The third kappa shape index (κ3) is 5.23. The van der Waals surface area contributed by atoms with Crippen LogP contribution in [-0.4, -0.2) is 44.5 Å². The number of rotatable bonds is 8. The van der Waals surface area contributed by atoms with Crippen LogP contribution in [0.4, 0.5) is 4.39 Å². The molecule has 5 nitrogen and oxygen atoms in total. The van der Waals surface area contributed by atoms with Gasteiger partial charge < -0.3 is 19.9 Å². The van der Waals surface area contributed by atoms with Crippen molar-refractivity contribution in [1.29, 1.82) is 0 Å². The number of aliphatic hydroxyl groups is 1. The Labute approximate surface area is 111 Å². The van der Waals surface area contributed by atoms with Gasteiger partial charge in [-0.3, -0.25) is 4.79 Å². The molecule has 0 fully saturated rings. The second-order valence-corrected chi connectivity index (χ2v) is 3.79. The molecule has 6 heteroatoms. The van der Waals surface area contributed by atoms with Crippen LogP contribution in [0.25, 0.3) is 0 Å². The molecule has 0 unspecified atom stereocenters. The van der Waals surface area contributed by atoms with Crippen molar-refractivity contribution in [2.45, 2.75) is 6.42 Å². The number of hydrogen-bond donors (Lipinski definition) is 2. The number of carbonyl (C=O) groups is 1. The van der Waals surface area contributed by atoms with E-state index in [-0.39, 0.29) is 30.4 Å². The summed E-state index contributed by atoms with van der Waals surface area (Å²) in [5.41, 5.74) is 0.245. The molecule has 0 heterocycles. The van der Waals surface area contributed by atoms with Crippen molar-refractivity contribution in [3.05, 3.63) is 29.6 Å². The molecule has 0 aliphatic heterocycles. The lowest BCUT2D eigenvalue weighted by molar-refractivity contribution is 0.0867. The predicted molar refractivity (Wildman–Crippen MR) is 67.8 cm³/mol. The average Bonchev–Trinajstić information content (AvgIpc) is 2.42. The van der Waals surface area contributed by atoms with E-state index in [1.165, 1.54) is 19.2 Å². The minimum atomic E-state index is -0.568. The molecule has 1 rings (SSSR count). The Bertz CT molecular complexity index is 412. The highest BCUT2D eigenvalue weighted by Crippen LogP contribution is 2.17. The molecule has 0 atom stereocenters. The van der Waals surface area contributed by atoms with Crippen molar-refractivity contribution in [2.24, 2.45) is 0 Å². The Morgan fingerprint density at radius 3 is 2.84 bits per heavy atom. The minimum absolute atomic E-state index is 0.0164. The Balaban J connectivity index is 2.35. The molecule has 0 aliphatic rings. The predicted octanol–water partition coefficient (Wildman–Crippen LogP) is 0.963. The molecule has 19 heavy (non-hydrogen) atoms. The van der Waals surface area contributed by atoms with Crippen LogP contribution in [0.1, 0.15) is 16.8 Å². The summed E-state index contributed by atoms with van der Waals surface area (Å²) in [5, 5.41) is 11.1. The highest BCUT2D eigenvalue weighted by atomic mass is 19.1. The summed E-state index contributed by atoms with van der Waals surface area (Å²) in [6.07, 6.45) is 0.629. The Kier molecular flexibility index (Phi) is 6.84. The summed E-state index contributed by atoms with van der Waals surface area (Å²) < 4.78 is 23.2. The van der Waals surface area contributed by atoms with E-state index in [0.29, 0.717) is 19.6 Å². The van der Waals surface area contributed by atoms with Gasteiger partial charge in [0, 0.05) is 18.7 Å². The molecule has 0 aromatic heterocycles. The van der Waals surface area contributed by atoms with Gasteiger partial charge in [-0.2, -0.15) is 0 Å². The van der Waals surface area contributed by atoms with Crippen LogP contribution in [0.3, 0.4) is 0 Å². The summed E-state index contributed by atoms with van der Waals surface area (Å²) >= 11 is 0. The maximum atomic E-state index is 13.4. The monoisotopic (exact) mass is 271 g/mol. The number of methoxy groups -OCH3 is 1. The first-order chi connectivity index (χ1) is 9.19. The van der Waals surface area contributed by atoms with Gasteiger partial charge >= 0.3 is 0 Å². The summed E-state index contributed by atoms with van der Waals surface area (Å²) in [6.45, 7) is 1.16. The van der Waals surface area contributed by atoms with Crippen LogP contribution in [0.15, 0.2) is 18.2 Å². The third-order valence-electron chi connectivity index (χ3n) is 2.40. The zero-order chi connectivity index (χ0) is 14.1. The van der Waals surface area contributed by atoms with Crippen LogP contribution >= 0.6 is 0 Å². The summed E-state index contributed by atoms with van der Waals surface area (Å²) in [5.74, 6) is -0.806. The SMILES string of the molecule is COc1ccc(C(=O)NCCCOCCO)cc1F. The van der Waals surface area contributed by atoms with Gasteiger partial charge in [0.05, 0.1) is 20.3 Å². The zero-order valence-electron chi connectivity index (χ0n) is 10.8. The van der Waals surface area contributed by atoms with Crippen LogP contribution in [0.5, 0.6) is 5.75 Å². The van der Waals surface area contributed by atoms with Crippen LogP contribution in [0.2, 0.25) is 0 Å². The van der Waals surface area contributed by atoms with Gasteiger partial charge in [-0.15, -0.1) is 0 Å². The average molecular weight is 271 g/mol. The molecular formula is C13H18FNO4. The van der Waals surface area contributed by atoms with E-state index >= 15 is 0 Å². The first kappa shape index (κ1) is 15.4. The van der Waals surface area contributed by atoms with Gasteiger partial charge in [-0.05, 0) is 24.6 Å². The fraction of sp³-hybridized carbons (Fsp3) is 0.462. The number of amides is 1.